The molecule has 1 N–H and O–H groups in total. The summed E-state index contributed by atoms with van der Waals surface area (Å²) in [5.74, 6) is 1.70. The first-order valence-electron chi connectivity index (χ1n) is 11.9. The number of aromatic nitrogens is 1. The Morgan fingerprint density at radius 2 is 1.76 bits per heavy atom. The van der Waals surface area contributed by atoms with Crippen LogP contribution in [0, 0.1) is 5.41 Å². The molecule has 5 rings (SSSR count). The van der Waals surface area contributed by atoms with Gasteiger partial charge in [-0.2, -0.15) is 0 Å². The van der Waals surface area contributed by atoms with E-state index in [2.05, 4.69) is 10.5 Å². The van der Waals surface area contributed by atoms with Crippen LogP contribution in [0.3, 0.4) is 0 Å². The fourth-order valence-electron chi connectivity index (χ4n) is 4.88. The number of ether oxygens (including phenoxy) is 1. The molecule has 0 unspecified atom stereocenters. The van der Waals surface area contributed by atoms with E-state index in [0.29, 0.717) is 45.3 Å². The van der Waals surface area contributed by atoms with Crippen LogP contribution in [0.25, 0.3) is 0 Å². The number of aryl methyl sites for hydroxylation is 1. The second kappa shape index (κ2) is 9.33. The smallest absolute Gasteiger partial charge is 0.292 e. The van der Waals surface area contributed by atoms with E-state index in [4.69, 9.17) is 9.26 Å². The number of amides is 2. The number of benzene rings is 2. The first-order chi connectivity index (χ1) is 16.5. The molecule has 2 aromatic carbocycles. The standard InChI is InChI=1S/C27H29N3O4/c1-2-21-17-24(34-29-21)25(31)30-13-10-27(11-14-30)18-20-6-4-8-23(16-20)33-22-7-3-5-19(15-22)9-12-28-26(27)32/h3-8,15-17H,2,9-14,18H2,1H3,(H,28,32). The summed E-state index contributed by atoms with van der Waals surface area (Å²) in [6.45, 7) is 3.51. The summed E-state index contributed by atoms with van der Waals surface area (Å²) in [5.41, 5.74) is 2.34. The van der Waals surface area contributed by atoms with Crippen LogP contribution in [0.2, 0.25) is 0 Å². The third-order valence-electron chi connectivity index (χ3n) is 6.90. The molecular formula is C27H29N3O4. The number of fused-ring (bicyclic) bond motifs is 4. The van der Waals surface area contributed by atoms with Crippen LogP contribution in [0.4, 0.5) is 0 Å². The van der Waals surface area contributed by atoms with Crippen molar-refractivity contribution in [3.05, 3.63) is 77.2 Å². The second-order valence-corrected chi connectivity index (χ2v) is 9.19. The van der Waals surface area contributed by atoms with Crippen molar-refractivity contribution >= 4 is 11.8 Å². The number of hydrogen-bond donors (Lipinski definition) is 1. The van der Waals surface area contributed by atoms with Gasteiger partial charge < -0.3 is 19.5 Å². The molecule has 1 spiro atoms. The zero-order chi connectivity index (χ0) is 23.5. The monoisotopic (exact) mass is 459 g/mol. The Morgan fingerprint density at radius 1 is 1.06 bits per heavy atom. The second-order valence-electron chi connectivity index (χ2n) is 9.19. The Bertz CT molecular complexity index is 1190. The number of rotatable bonds is 2. The van der Waals surface area contributed by atoms with E-state index < -0.39 is 5.41 Å². The summed E-state index contributed by atoms with van der Waals surface area (Å²) in [5, 5.41) is 7.11. The number of nitrogens with one attached hydrogen (secondary N) is 1. The van der Waals surface area contributed by atoms with Crippen molar-refractivity contribution in [3.8, 4) is 11.5 Å². The summed E-state index contributed by atoms with van der Waals surface area (Å²) < 4.78 is 11.4. The molecule has 2 amide bonds. The van der Waals surface area contributed by atoms with Gasteiger partial charge in [0.05, 0.1) is 11.1 Å². The van der Waals surface area contributed by atoms with E-state index in [1.54, 1.807) is 11.0 Å². The van der Waals surface area contributed by atoms with E-state index in [-0.39, 0.29) is 17.6 Å². The third-order valence-corrected chi connectivity index (χ3v) is 6.90. The summed E-state index contributed by atoms with van der Waals surface area (Å²) >= 11 is 0. The maximum atomic E-state index is 13.5. The van der Waals surface area contributed by atoms with E-state index in [9.17, 15) is 9.59 Å². The number of carbonyl (C=O) groups excluding carboxylic acids is 2. The predicted octanol–water partition coefficient (Wildman–Crippen LogP) is 4.17. The van der Waals surface area contributed by atoms with Gasteiger partial charge in [-0.1, -0.05) is 36.3 Å². The average Bonchev–Trinajstić information content (AvgIpc) is 3.33. The van der Waals surface area contributed by atoms with Gasteiger partial charge in [0.2, 0.25) is 11.7 Å². The molecule has 7 heteroatoms. The molecule has 7 nitrogen and oxygen atoms in total. The third kappa shape index (κ3) is 4.55. The quantitative estimate of drug-likeness (QED) is 0.622. The zero-order valence-electron chi connectivity index (χ0n) is 19.4. The van der Waals surface area contributed by atoms with Crippen LogP contribution in [-0.4, -0.2) is 41.5 Å². The minimum Gasteiger partial charge on any atom is -0.457 e. The number of likely N-dealkylation sites (tertiary alicyclic amines) is 1. The Morgan fingerprint density at radius 3 is 2.47 bits per heavy atom. The molecule has 1 saturated heterocycles. The van der Waals surface area contributed by atoms with E-state index in [0.717, 1.165) is 34.7 Å². The summed E-state index contributed by atoms with van der Waals surface area (Å²) in [4.78, 5) is 28.2. The average molecular weight is 460 g/mol. The van der Waals surface area contributed by atoms with Gasteiger partial charge in [0.25, 0.3) is 5.91 Å². The van der Waals surface area contributed by atoms with Gasteiger partial charge in [0.1, 0.15) is 11.5 Å². The minimum atomic E-state index is -0.585. The van der Waals surface area contributed by atoms with Crippen LogP contribution < -0.4 is 10.1 Å². The molecule has 0 aliphatic carbocycles. The zero-order valence-corrected chi connectivity index (χ0v) is 19.4. The van der Waals surface area contributed by atoms with Crippen LogP contribution in [0.1, 0.15) is 47.1 Å². The molecule has 1 aromatic heterocycles. The predicted molar refractivity (Wildman–Crippen MR) is 127 cm³/mol. The highest BCUT2D eigenvalue weighted by molar-refractivity contribution is 5.92. The van der Waals surface area contributed by atoms with Crippen LogP contribution in [-0.2, 0) is 24.1 Å². The number of piperidine rings is 1. The minimum absolute atomic E-state index is 0.0502. The largest absolute Gasteiger partial charge is 0.457 e. The molecule has 3 aromatic rings. The highest BCUT2D eigenvalue weighted by Gasteiger charge is 2.42. The van der Waals surface area contributed by atoms with Crippen molar-refractivity contribution in [2.75, 3.05) is 19.6 Å². The number of nitrogens with zero attached hydrogens (tertiary/aromatic N) is 2. The lowest BCUT2D eigenvalue weighted by atomic mass is 9.72. The van der Waals surface area contributed by atoms with Gasteiger partial charge in [0.15, 0.2) is 0 Å². The normalized spacial score (nSPS) is 17.7. The Kier molecular flexibility index (Phi) is 6.09. The van der Waals surface area contributed by atoms with Gasteiger partial charge in [-0.25, -0.2) is 0 Å². The highest BCUT2D eigenvalue weighted by Crippen LogP contribution is 2.37. The van der Waals surface area contributed by atoms with Crippen molar-refractivity contribution in [1.82, 2.24) is 15.4 Å². The van der Waals surface area contributed by atoms with Crippen molar-refractivity contribution in [3.63, 3.8) is 0 Å². The molecule has 0 atom stereocenters. The van der Waals surface area contributed by atoms with Crippen LogP contribution in [0.15, 0.2) is 59.1 Å². The molecule has 34 heavy (non-hydrogen) atoms. The fourth-order valence-corrected chi connectivity index (χ4v) is 4.88. The van der Waals surface area contributed by atoms with Crippen molar-refractivity contribution in [2.24, 2.45) is 5.41 Å². The maximum Gasteiger partial charge on any atom is 0.292 e. The molecular weight excluding hydrogens is 430 g/mol. The SMILES string of the molecule is CCc1cc(C(=O)N2CCC3(CC2)Cc2cccc(c2)Oc2cccc(c2)CCNC3=O)on1. The van der Waals surface area contributed by atoms with Crippen LogP contribution in [0.5, 0.6) is 11.5 Å². The summed E-state index contributed by atoms with van der Waals surface area (Å²) in [6.07, 6.45) is 3.20. The molecule has 0 saturated carbocycles. The molecule has 4 bridgehead atoms. The van der Waals surface area contributed by atoms with Crippen molar-refractivity contribution < 1.29 is 18.8 Å². The maximum absolute atomic E-state index is 13.5. The number of carbonyl (C=O) groups is 2. The van der Waals surface area contributed by atoms with Crippen molar-refractivity contribution in [2.45, 2.75) is 39.0 Å². The molecule has 0 radical (unpaired) electrons. The lowest BCUT2D eigenvalue weighted by Gasteiger charge is -2.40. The highest BCUT2D eigenvalue weighted by atomic mass is 16.5. The first kappa shape index (κ1) is 22.2. The van der Waals surface area contributed by atoms with Gasteiger partial charge in [0, 0.05) is 25.7 Å². The summed E-state index contributed by atoms with van der Waals surface area (Å²) in [7, 11) is 0. The molecule has 176 valence electrons. The van der Waals surface area contributed by atoms with Gasteiger partial charge in [-0.3, -0.25) is 9.59 Å². The topological polar surface area (TPSA) is 84.7 Å². The van der Waals surface area contributed by atoms with Gasteiger partial charge in [-0.15, -0.1) is 0 Å². The van der Waals surface area contributed by atoms with Gasteiger partial charge in [-0.05, 0) is 67.5 Å². The lowest BCUT2D eigenvalue weighted by Crippen LogP contribution is -2.51. The molecule has 2 aliphatic rings. The van der Waals surface area contributed by atoms with Crippen LogP contribution >= 0.6 is 0 Å². The molecule has 1 fully saturated rings. The summed E-state index contributed by atoms with van der Waals surface area (Å²) in [6, 6.07) is 17.6. The Labute approximate surface area is 199 Å². The lowest BCUT2D eigenvalue weighted by molar-refractivity contribution is -0.133. The van der Waals surface area contributed by atoms with E-state index in [1.807, 2.05) is 55.5 Å². The van der Waals surface area contributed by atoms with Gasteiger partial charge >= 0.3 is 0 Å². The Hall–Kier alpha value is -3.61. The van der Waals surface area contributed by atoms with E-state index >= 15 is 0 Å². The first-order valence-corrected chi connectivity index (χ1v) is 11.9. The fraction of sp³-hybridized carbons (Fsp3) is 0.370. The van der Waals surface area contributed by atoms with Crippen molar-refractivity contribution in [1.29, 1.82) is 0 Å². The molecule has 2 aliphatic heterocycles. The Balaban J connectivity index is 1.38. The number of hydrogen-bond acceptors (Lipinski definition) is 5. The molecule has 3 heterocycles. The van der Waals surface area contributed by atoms with E-state index in [1.165, 1.54) is 0 Å².